The molecule has 3 rings (SSSR count). The molecule has 1 aliphatic carbocycles. The molecule has 1 saturated carbocycles. The fourth-order valence-corrected chi connectivity index (χ4v) is 3.61. The van der Waals surface area contributed by atoms with Crippen LogP contribution in [0, 0.1) is 11.8 Å². The van der Waals surface area contributed by atoms with Crippen LogP contribution in [0.3, 0.4) is 0 Å². The number of esters is 1. The lowest BCUT2D eigenvalue weighted by atomic mass is 9.78. The van der Waals surface area contributed by atoms with E-state index in [1.165, 1.54) is 12.8 Å². The van der Waals surface area contributed by atoms with E-state index < -0.39 is 0 Å². The topological polar surface area (TPSA) is 68.5 Å². The molecule has 0 bridgehead atoms. The Morgan fingerprint density at radius 2 is 2.29 bits per heavy atom. The minimum Gasteiger partial charge on any atom is -0.462 e. The molecule has 1 aromatic rings. The third-order valence-corrected chi connectivity index (χ3v) is 4.74. The molecule has 2 heterocycles. The van der Waals surface area contributed by atoms with Gasteiger partial charge in [0.25, 0.3) is 0 Å². The largest absolute Gasteiger partial charge is 0.462 e. The maximum atomic E-state index is 11.6. The predicted molar refractivity (Wildman–Crippen MR) is 81.2 cm³/mol. The highest BCUT2D eigenvalue weighted by atomic mass is 16.5. The van der Waals surface area contributed by atoms with Crippen LogP contribution in [0.5, 0.6) is 0 Å². The molecule has 3 unspecified atom stereocenters. The van der Waals surface area contributed by atoms with Gasteiger partial charge in [-0.1, -0.05) is 6.42 Å². The summed E-state index contributed by atoms with van der Waals surface area (Å²) in [6, 6.07) is 4.03. The second kappa shape index (κ2) is 6.02. The monoisotopic (exact) mass is 289 g/mol. The van der Waals surface area contributed by atoms with Crippen molar-refractivity contribution in [2.45, 2.75) is 32.2 Å². The van der Waals surface area contributed by atoms with Crippen molar-refractivity contribution in [2.24, 2.45) is 17.6 Å². The van der Waals surface area contributed by atoms with Crippen molar-refractivity contribution < 1.29 is 9.53 Å². The Morgan fingerprint density at radius 1 is 1.43 bits per heavy atom. The first kappa shape index (κ1) is 14.3. The lowest BCUT2D eigenvalue weighted by molar-refractivity contribution is 0.0526. The van der Waals surface area contributed by atoms with Crippen molar-refractivity contribution in [3.8, 4) is 0 Å². The third kappa shape index (κ3) is 2.88. The van der Waals surface area contributed by atoms with Gasteiger partial charge in [-0.2, -0.15) is 0 Å². The van der Waals surface area contributed by atoms with Gasteiger partial charge in [0.15, 0.2) is 0 Å². The Balaban J connectivity index is 1.69. The molecule has 2 aliphatic rings. The van der Waals surface area contributed by atoms with Crippen LogP contribution in [0.15, 0.2) is 18.3 Å². The molecule has 1 saturated heterocycles. The Bertz CT molecular complexity index is 503. The summed E-state index contributed by atoms with van der Waals surface area (Å²) in [7, 11) is 0. The van der Waals surface area contributed by atoms with E-state index in [0.29, 0.717) is 30.0 Å². The smallest absolute Gasteiger partial charge is 0.339 e. The molecule has 0 amide bonds. The molecule has 21 heavy (non-hydrogen) atoms. The fourth-order valence-electron chi connectivity index (χ4n) is 3.61. The van der Waals surface area contributed by atoms with Crippen LogP contribution in [0.1, 0.15) is 36.5 Å². The normalized spacial score (nSPS) is 28.3. The first-order valence-corrected chi connectivity index (χ1v) is 7.82. The molecule has 3 atom stereocenters. The van der Waals surface area contributed by atoms with Crippen molar-refractivity contribution in [3.63, 3.8) is 0 Å². The summed E-state index contributed by atoms with van der Waals surface area (Å²) in [4.78, 5) is 18.4. The van der Waals surface area contributed by atoms with Crippen LogP contribution in [-0.4, -0.2) is 36.7 Å². The number of hydrogen-bond acceptors (Lipinski definition) is 5. The minimum absolute atomic E-state index is 0.311. The number of nitrogens with two attached hydrogens (primary N) is 1. The van der Waals surface area contributed by atoms with Crippen LogP contribution in [0.4, 0.5) is 5.82 Å². The van der Waals surface area contributed by atoms with Gasteiger partial charge < -0.3 is 15.4 Å². The summed E-state index contributed by atoms with van der Waals surface area (Å²) in [6.45, 7) is 4.20. The molecule has 0 radical (unpaired) electrons. The number of rotatable bonds is 3. The first-order chi connectivity index (χ1) is 10.2. The first-order valence-electron chi connectivity index (χ1n) is 7.82. The zero-order valence-electron chi connectivity index (χ0n) is 12.5. The van der Waals surface area contributed by atoms with Gasteiger partial charge in [0, 0.05) is 25.3 Å². The highest BCUT2D eigenvalue weighted by Crippen LogP contribution is 2.36. The molecule has 2 N–H and O–H groups in total. The van der Waals surface area contributed by atoms with Gasteiger partial charge >= 0.3 is 5.97 Å². The number of anilines is 1. The summed E-state index contributed by atoms with van der Waals surface area (Å²) in [5.41, 5.74) is 6.76. The van der Waals surface area contributed by atoms with E-state index in [1.807, 2.05) is 6.07 Å². The molecule has 114 valence electrons. The summed E-state index contributed by atoms with van der Waals surface area (Å²) in [5, 5.41) is 0. The van der Waals surface area contributed by atoms with E-state index in [1.54, 1.807) is 19.2 Å². The van der Waals surface area contributed by atoms with Gasteiger partial charge in [0.05, 0.1) is 12.2 Å². The molecular formula is C16H23N3O2. The third-order valence-electron chi connectivity index (χ3n) is 4.74. The van der Waals surface area contributed by atoms with Gasteiger partial charge in [-0.15, -0.1) is 0 Å². The number of carbonyl (C=O) groups excluding carboxylic acids is 1. The highest BCUT2D eigenvalue weighted by Gasteiger charge is 2.39. The molecule has 5 nitrogen and oxygen atoms in total. The van der Waals surface area contributed by atoms with Crippen LogP contribution < -0.4 is 10.6 Å². The highest BCUT2D eigenvalue weighted by molar-refractivity contribution is 5.89. The van der Waals surface area contributed by atoms with Gasteiger partial charge in [-0.25, -0.2) is 9.78 Å². The minimum atomic E-state index is -0.311. The SMILES string of the molecule is CCOC(=O)c1ccc(N2CC3CCCC(N)C3C2)nc1. The van der Waals surface area contributed by atoms with Crippen molar-refractivity contribution in [3.05, 3.63) is 23.9 Å². The fraction of sp³-hybridized carbons (Fsp3) is 0.625. The van der Waals surface area contributed by atoms with Crippen molar-refractivity contribution in [1.82, 2.24) is 4.98 Å². The van der Waals surface area contributed by atoms with Crippen LogP contribution in [-0.2, 0) is 4.74 Å². The number of carbonyl (C=O) groups is 1. The lowest BCUT2D eigenvalue weighted by Crippen LogP contribution is -2.38. The van der Waals surface area contributed by atoms with Crippen LogP contribution in [0.2, 0.25) is 0 Å². The van der Waals surface area contributed by atoms with Gasteiger partial charge in [0.1, 0.15) is 5.82 Å². The molecule has 1 aliphatic heterocycles. The zero-order valence-corrected chi connectivity index (χ0v) is 12.5. The second-order valence-electron chi connectivity index (χ2n) is 6.05. The number of pyridine rings is 1. The van der Waals surface area contributed by atoms with E-state index in [0.717, 1.165) is 25.3 Å². The summed E-state index contributed by atoms with van der Waals surface area (Å²) in [5.74, 6) is 1.91. The van der Waals surface area contributed by atoms with Crippen molar-refractivity contribution in [1.29, 1.82) is 0 Å². The average Bonchev–Trinajstić information content (AvgIpc) is 2.93. The van der Waals surface area contributed by atoms with Gasteiger partial charge in [-0.3, -0.25) is 0 Å². The lowest BCUT2D eigenvalue weighted by Gasteiger charge is -2.29. The summed E-state index contributed by atoms with van der Waals surface area (Å²) in [6.07, 6.45) is 5.26. The van der Waals surface area contributed by atoms with E-state index in [2.05, 4.69) is 9.88 Å². The second-order valence-corrected chi connectivity index (χ2v) is 6.05. The van der Waals surface area contributed by atoms with Gasteiger partial charge in [-0.05, 0) is 43.7 Å². The molecular weight excluding hydrogens is 266 g/mol. The number of hydrogen-bond donors (Lipinski definition) is 1. The maximum absolute atomic E-state index is 11.6. The number of fused-ring (bicyclic) bond motifs is 1. The molecule has 5 heteroatoms. The zero-order chi connectivity index (χ0) is 14.8. The number of nitrogens with zero attached hydrogens (tertiary/aromatic N) is 2. The Morgan fingerprint density at radius 3 is 2.95 bits per heavy atom. The molecule has 2 fully saturated rings. The van der Waals surface area contributed by atoms with Crippen molar-refractivity contribution in [2.75, 3.05) is 24.6 Å². The number of ether oxygens (including phenoxy) is 1. The molecule has 1 aromatic heterocycles. The van der Waals surface area contributed by atoms with E-state index in [-0.39, 0.29) is 5.97 Å². The van der Waals surface area contributed by atoms with E-state index in [4.69, 9.17) is 10.5 Å². The molecule has 0 spiro atoms. The Labute approximate surface area is 125 Å². The summed E-state index contributed by atoms with van der Waals surface area (Å²) >= 11 is 0. The average molecular weight is 289 g/mol. The van der Waals surface area contributed by atoms with E-state index >= 15 is 0 Å². The van der Waals surface area contributed by atoms with Crippen LogP contribution >= 0.6 is 0 Å². The Kier molecular flexibility index (Phi) is 4.10. The predicted octanol–water partition coefficient (Wildman–Crippen LogP) is 1.82. The molecule has 0 aromatic carbocycles. The quantitative estimate of drug-likeness (QED) is 0.860. The van der Waals surface area contributed by atoms with Gasteiger partial charge in [0.2, 0.25) is 0 Å². The van der Waals surface area contributed by atoms with Crippen molar-refractivity contribution >= 4 is 11.8 Å². The van der Waals surface area contributed by atoms with E-state index in [9.17, 15) is 4.79 Å². The number of aromatic nitrogens is 1. The van der Waals surface area contributed by atoms with Crippen LogP contribution in [0.25, 0.3) is 0 Å². The Hall–Kier alpha value is -1.62. The standard InChI is InChI=1S/C16H23N3O2/c1-2-21-16(20)11-6-7-15(18-8-11)19-9-12-4-3-5-14(17)13(12)10-19/h6-8,12-14H,2-5,9-10,17H2,1H3. The summed E-state index contributed by atoms with van der Waals surface area (Å²) < 4.78 is 4.98. The maximum Gasteiger partial charge on any atom is 0.339 e.